The Labute approximate surface area is 399 Å². The first kappa shape index (κ1) is 56.4. The van der Waals surface area contributed by atoms with Crippen molar-refractivity contribution in [1.82, 2.24) is 10.6 Å². The minimum atomic E-state index is -2.97. The molecule has 27 nitrogen and oxygen atoms in total. The summed E-state index contributed by atoms with van der Waals surface area (Å²) < 4.78 is 44.3. The lowest BCUT2D eigenvalue weighted by Gasteiger charge is -2.48. The van der Waals surface area contributed by atoms with Gasteiger partial charge in [-0.15, -0.1) is 0 Å². The molecule has 5 unspecified atom stereocenters. The maximum Gasteiger partial charge on any atom is 0.364 e. The maximum atomic E-state index is 12.9. The summed E-state index contributed by atoms with van der Waals surface area (Å²) >= 11 is 0. The van der Waals surface area contributed by atoms with Gasteiger partial charge in [0.05, 0.1) is 70.9 Å². The largest absolute Gasteiger partial charge is 0.477 e. The van der Waals surface area contributed by atoms with E-state index in [1.165, 1.54) is 0 Å². The Morgan fingerprint density at radius 3 is 2.10 bits per heavy atom. The molecule has 0 bridgehead atoms. The van der Waals surface area contributed by atoms with Crippen molar-refractivity contribution in [2.75, 3.05) is 65.9 Å². The van der Waals surface area contributed by atoms with Crippen molar-refractivity contribution in [2.45, 2.75) is 110 Å². The second-order valence-electron chi connectivity index (χ2n) is 16.4. The number of carboxylic acids is 1. The predicted molar refractivity (Wildman–Crippen MR) is 232 cm³/mol. The number of ether oxygens (including phenoxy) is 8. The molecule has 3 heterocycles. The fourth-order valence-electron chi connectivity index (χ4n) is 7.79. The Morgan fingerprint density at radius 1 is 0.800 bits per heavy atom. The van der Waals surface area contributed by atoms with Gasteiger partial charge in [0.25, 0.3) is 5.79 Å². The summed E-state index contributed by atoms with van der Waals surface area (Å²) in [5.41, 5.74) is 10.8. The van der Waals surface area contributed by atoms with Crippen LogP contribution in [0.1, 0.15) is 12.0 Å². The van der Waals surface area contributed by atoms with E-state index in [0.717, 1.165) is 11.1 Å². The normalized spacial score (nSPS) is 32.0. The van der Waals surface area contributed by atoms with Crippen LogP contribution in [0.4, 0.5) is 0 Å². The van der Waals surface area contributed by atoms with Gasteiger partial charge in [0.1, 0.15) is 67.6 Å². The van der Waals surface area contributed by atoms with E-state index in [4.69, 9.17) is 43.4 Å². The van der Waals surface area contributed by atoms with Crippen molar-refractivity contribution in [2.24, 2.45) is 5.11 Å². The van der Waals surface area contributed by atoms with Crippen molar-refractivity contribution >= 4 is 17.8 Å². The van der Waals surface area contributed by atoms with Crippen LogP contribution in [0.3, 0.4) is 0 Å². The molecule has 3 saturated heterocycles. The number of hydrogen-bond acceptors (Lipinski definition) is 22. The van der Waals surface area contributed by atoms with Crippen LogP contribution in [0.2, 0.25) is 0 Å². The van der Waals surface area contributed by atoms with Crippen LogP contribution in [0, 0.1) is 0 Å². The van der Waals surface area contributed by atoms with E-state index in [2.05, 4.69) is 20.7 Å². The minimum absolute atomic E-state index is 0.0124. The number of amides is 2. The molecule has 0 saturated carbocycles. The number of rotatable bonds is 26. The Balaban J connectivity index is 1.20. The minimum Gasteiger partial charge on any atom is -0.477 e. The molecule has 0 radical (unpaired) electrons. The number of carbonyl (C=O) groups excluding carboxylic acids is 2. The highest BCUT2D eigenvalue weighted by atomic mass is 16.8. The summed E-state index contributed by atoms with van der Waals surface area (Å²) in [5.74, 6) is -6.58. The monoisotopic (exact) mass is 999 g/mol. The van der Waals surface area contributed by atoms with Crippen LogP contribution >= 0.6 is 0 Å². The maximum absolute atomic E-state index is 12.9. The molecule has 0 aromatic heterocycles. The molecule has 27 heteroatoms. The SMILES string of the molecule is [N-]=[N+]=NCCOCCOCCO[C@@H]1OC(CO)[C@@H](O[C@@H]2OC(CO[C@]3(C(=O)O)C[C@@H](O)[C@@H](NC(=O)CO)C([C@H](O)[C@H](O)CNC(=O)Cc4ccc(-c5ccccc5)cc4)O3)[C@H](O)[C@H](O)C2O)[C@H](O)C1O. The Kier molecular flexibility index (Phi) is 22.0. The highest BCUT2D eigenvalue weighted by molar-refractivity contribution is 5.79. The van der Waals surface area contributed by atoms with Crippen LogP contribution < -0.4 is 10.6 Å². The zero-order valence-electron chi connectivity index (χ0n) is 37.6. The lowest BCUT2D eigenvalue weighted by atomic mass is 9.88. The molecule has 2 aromatic carbocycles. The fraction of sp³-hybridized carbons (Fsp3) is 0.651. The summed E-state index contributed by atoms with van der Waals surface area (Å²) in [6.45, 7) is -3.16. The van der Waals surface area contributed by atoms with Gasteiger partial charge in [-0.25, -0.2) is 4.79 Å². The molecule has 0 aliphatic carbocycles. The predicted octanol–water partition coefficient (Wildman–Crippen LogP) is -4.85. The van der Waals surface area contributed by atoms with E-state index < -0.39 is 148 Å². The number of nitrogens with zero attached hydrogens (tertiary/aromatic N) is 3. The molecule has 3 aliphatic rings. The molecule has 3 aliphatic heterocycles. The third-order valence-corrected chi connectivity index (χ3v) is 11.6. The number of azide groups is 1. The van der Waals surface area contributed by atoms with Crippen molar-refractivity contribution in [3.63, 3.8) is 0 Å². The van der Waals surface area contributed by atoms with E-state index in [0.29, 0.717) is 5.56 Å². The number of nitrogens with one attached hydrogen (secondary N) is 2. The number of aliphatic carboxylic acids is 1. The van der Waals surface area contributed by atoms with Gasteiger partial charge in [-0.1, -0.05) is 59.7 Å². The molecule has 2 amide bonds. The first-order chi connectivity index (χ1) is 33.5. The van der Waals surface area contributed by atoms with Gasteiger partial charge in [0.15, 0.2) is 12.6 Å². The molecule has 70 heavy (non-hydrogen) atoms. The number of carboxylic acid groups (broad SMARTS) is 1. The Morgan fingerprint density at radius 2 is 1.44 bits per heavy atom. The van der Waals surface area contributed by atoms with Crippen molar-refractivity contribution in [1.29, 1.82) is 0 Å². The number of aliphatic hydroxyl groups excluding tert-OH is 10. The first-order valence-corrected chi connectivity index (χ1v) is 22.2. The Bertz CT molecular complexity index is 1990. The molecule has 0 spiro atoms. The van der Waals surface area contributed by atoms with Gasteiger partial charge in [-0.3, -0.25) is 9.59 Å². The quantitative estimate of drug-likeness (QED) is 0.0182. The average Bonchev–Trinajstić information content (AvgIpc) is 3.36. The van der Waals surface area contributed by atoms with Crippen molar-refractivity contribution in [3.8, 4) is 11.1 Å². The zero-order chi connectivity index (χ0) is 51.0. The Hall–Kier alpha value is -4.56. The summed E-state index contributed by atoms with van der Waals surface area (Å²) in [5, 5.41) is 126. The number of benzene rings is 2. The third kappa shape index (κ3) is 15.0. The third-order valence-electron chi connectivity index (χ3n) is 11.6. The lowest BCUT2D eigenvalue weighted by molar-refractivity contribution is -0.367. The molecule has 2 aromatic rings. The van der Waals surface area contributed by atoms with Gasteiger partial charge in [-0.2, -0.15) is 0 Å². The van der Waals surface area contributed by atoms with Crippen LogP contribution in [0.15, 0.2) is 59.7 Å². The second kappa shape index (κ2) is 27.3. The van der Waals surface area contributed by atoms with E-state index >= 15 is 0 Å². The topological polar surface area (TPSA) is 420 Å². The van der Waals surface area contributed by atoms with E-state index in [9.17, 15) is 70.6 Å². The highest BCUT2D eigenvalue weighted by Crippen LogP contribution is 2.36. The van der Waals surface area contributed by atoms with Gasteiger partial charge < -0.3 is 105 Å². The van der Waals surface area contributed by atoms with Gasteiger partial charge in [0, 0.05) is 24.4 Å². The molecule has 3 fully saturated rings. The number of aliphatic hydroxyl groups is 10. The lowest BCUT2D eigenvalue weighted by Crippen LogP contribution is -2.69. The van der Waals surface area contributed by atoms with Gasteiger partial charge in [-0.05, 0) is 22.2 Å². The van der Waals surface area contributed by atoms with Gasteiger partial charge >= 0.3 is 5.97 Å². The molecule has 390 valence electrons. The summed E-state index contributed by atoms with van der Waals surface area (Å²) in [4.78, 5) is 40.7. The van der Waals surface area contributed by atoms with E-state index in [1.807, 2.05) is 42.5 Å². The zero-order valence-corrected chi connectivity index (χ0v) is 37.6. The first-order valence-electron chi connectivity index (χ1n) is 22.2. The molecule has 5 rings (SSSR count). The molecular weight excluding hydrogens is 938 g/mol. The molecule has 13 N–H and O–H groups in total. The van der Waals surface area contributed by atoms with Crippen molar-refractivity contribution < 1.29 is 108 Å². The van der Waals surface area contributed by atoms with Crippen LogP contribution in [-0.2, 0) is 58.7 Å². The van der Waals surface area contributed by atoms with Gasteiger partial charge in [0.2, 0.25) is 11.8 Å². The summed E-state index contributed by atoms with van der Waals surface area (Å²) in [6.07, 6.45) is -27.7. The molecule has 16 atom stereocenters. The number of hydrogen-bond donors (Lipinski definition) is 13. The standard InChI is InChI=1S/C43H61N5O22/c44-48-46-10-11-63-12-13-64-14-15-65-40-37(60)35(58)38(27(19-49)67-40)69-41-36(59)34(57)33(56)28(68-41)21-66-43(42(61)62)17-25(51)31(47-30(54)20-50)39(70-43)32(55)26(52)18-45-29(53)16-22-6-8-24(9-7-22)23-4-2-1-3-5-23/h1-9,25-28,31-41,49-52,55-60H,10-21H2,(H,45,53)(H,47,54)(H,61,62)/t25-,26-,27?,28?,31-,32-,33+,34+,35-,36?,37?,38-,39?,40-,41+,43-/m1/s1. The van der Waals surface area contributed by atoms with Crippen molar-refractivity contribution in [3.05, 3.63) is 70.6 Å². The van der Waals surface area contributed by atoms with Crippen LogP contribution in [-0.4, -0.2) is 238 Å². The van der Waals surface area contributed by atoms with Crippen LogP contribution in [0.5, 0.6) is 0 Å². The molecular formula is C43H61N5O22. The van der Waals surface area contributed by atoms with E-state index in [1.54, 1.807) is 12.1 Å². The highest BCUT2D eigenvalue weighted by Gasteiger charge is 2.57. The summed E-state index contributed by atoms with van der Waals surface area (Å²) in [7, 11) is 0. The summed E-state index contributed by atoms with van der Waals surface area (Å²) in [6, 6.07) is 14.9. The van der Waals surface area contributed by atoms with Crippen LogP contribution in [0.25, 0.3) is 21.6 Å². The second-order valence-corrected chi connectivity index (χ2v) is 16.4. The van der Waals surface area contributed by atoms with E-state index in [-0.39, 0.29) is 46.0 Å². The average molecular weight is 1000 g/mol. The smallest absolute Gasteiger partial charge is 0.364 e. The fourth-order valence-corrected chi connectivity index (χ4v) is 7.79. The number of carbonyl (C=O) groups is 3.